The summed E-state index contributed by atoms with van der Waals surface area (Å²) in [6, 6.07) is 77.2. The molecule has 0 spiro atoms. The topological polar surface area (TPSA) is 28.8 Å². The van der Waals surface area contributed by atoms with Crippen molar-refractivity contribution in [1.82, 2.24) is 9.13 Å². The highest BCUT2D eigenvalue weighted by Gasteiger charge is 2.48. The minimum absolute atomic E-state index is 0.199. The van der Waals surface area contributed by atoms with E-state index in [2.05, 4.69) is 167 Å². The van der Waals surface area contributed by atoms with Crippen LogP contribution in [0.1, 0.15) is 11.1 Å². The number of hydrogen-bond donors (Lipinski definition) is 0. The lowest BCUT2D eigenvalue weighted by atomic mass is 9.30. The quantitative estimate of drug-likeness (QED) is 0.127. The molecule has 0 fully saturated rings. The van der Waals surface area contributed by atoms with Gasteiger partial charge in [0, 0.05) is 85.6 Å². The van der Waals surface area contributed by atoms with Gasteiger partial charge in [0.15, 0.2) is 0 Å². The van der Waals surface area contributed by atoms with E-state index in [4.69, 9.17) is 4.74 Å². The molecule has 0 saturated heterocycles. The molecule has 6 heterocycles. The van der Waals surface area contributed by atoms with Crippen molar-refractivity contribution in [3.8, 4) is 22.9 Å². The number of aryl methyl sites for hydroxylation is 2. The minimum atomic E-state index is -0.700. The largest absolute Gasteiger partial charge is 0.458 e. The molecule has 0 N–H and O–H groups in total. The summed E-state index contributed by atoms with van der Waals surface area (Å²) in [4.78, 5) is 6.21. The van der Waals surface area contributed by atoms with Gasteiger partial charge in [-0.2, -0.15) is 0 Å². The molecule has 0 bridgehead atoms. The number of ether oxygens (including phenoxy) is 1. The number of fused-ring (bicyclic) bond motifs is 14. The number of hydrogen-bond acceptors (Lipinski definition) is 4. The Kier molecular flexibility index (Phi) is 10.2. The maximum Gasteiger partial charge on any atom is 0.256 e. The normalized spacial score (nSPS) is 13.4. The van der Waals surface area contributed by atoms with Gasteiger partial charge in [-0.1, -0.05) is 121 Å². The fourth-order valence-corrected chi connectivity index (χ4v) is 14.8. The average Bonchev–Trinajstić information content (AvgIpc) is 0.848. The summed E-state index contributed by atoms with van der Waals surface area (Å²) >= 11 is 0. The summed E-state index contributed by atoms with van der Waals surface area (Å²) in [6.07, 6.45) is 0. The van der Waals surface area contributed by atoms with Crippen molar-refractivity contribution in [3.63, 3.8) is 0 Å². The molecular formula is C74H45B2F4N5O. The van der Waals surface area contributed by atoms with Crippen molar-refractivity contribution in [3.05, 3.63) is 271 Å². The van der Waals surface area contributed by atoms with E-state index in [9.17, 15) is 0 Å². The predicted molar refractivity (Wildman–Crippen MR) is 344 cm³/mol. The fourth-order valence-electron chi connectivity index (χ4n) is 14.8. The first-order valence-corrected chi connectivity index (χ1v) is 28.9. The number of nitrogens with zero attached hydrogens (tertiary/aromatic N) is 5. The van der Waals surface area contributed by atoms with Crippen LogP contribution in [-0.4, -0.2) is 22.6 Å². The van der Waals surface area contributed by atoms with Gasteiger partial charge in [-0.3, -0.25) is 0 Å². The first-order valence-electron chi connectivity index (χ1n) is 28.9. The monoisotopic (exact) mass is 1120 g/mol. The van der Waals surface area contributed by atoms with E-state index in [-0.39, 0.29) is 11.4 Å². The molecule has 406 valence electrons. The Morgan fingerprint density at radius 3 is 1.35 bits per heavy atom. The van der Waals surface area contributed by atoms with E-state index < -0.39 is 36.7 Å². The van der Waals surface area contributed by atoms with Crippen LogP contribution >= 0.6 is 0 Å². The van der Waals surface area contributed by atoms with Crippen molar-refractivity contribution >= 4 is 141 Å². The highest BCUT2D eigenvalue weighted by atomic mass is 19.1. The van der Waals surface area contributed by atoms with Gasteiger partial charge in [0.25, 0.3) is 13.4 Å². The van der Waals surface area contributed by atoms with Gasteiger partial charge in [0.1, 0.15) is 34.8 Å². The lowest BCUT2D eigenvalue weighted by Crippen LogP contribution is -2.64. The molecule has 6 nitrogen and oxygen atoms in total. The molecular weight excluding hydrogens is 1070 g/mol. The van der Waals surface area contributed by atoms with Crippen molar-refractivity contribution < 1.29 is 22.3 Å². The molecule has 12 aromatic carbocycles. The number of anilines is 9. The second-order valence-electron chi connectivity index (χ2n) is 23.1. The van der Waals surface area contributed by atoms with Crippen molar-refractivity contribution in [1.29, 1.82) is 0 Å². The van der Waals surface area contributed by atoms with Crippen molar-refractivity contribution in [2.45, 2.75) is 13.8 Å². The number of rotatable bonds is 5. The molecule has 4 aliphatic rings. The molecule has 0 atom stereocenters. The van der Waals surface area contributed by atoms with Crippen LogP contribution in [0, 0.1) is 37.1 Å². The van der Waals surface area contributed by atoms with Crippen molar-refractivity contribution in [2.24, 2.45) is 0 Å². The van der Waals surface area contributed by atoms with Gasteiger partial charge < -0.3 is 28.6 Å². The van der Waals surface area contributed by atoms with E-state index in [1.54, 1.807) is 0 Å². The molecule has 4 aliphatic heterocycles. The maximum atomic E-state index is 17.0. The van der Waals surface area contributed by atoms with E-state index in [1.165, 1.54) is 24.3 Å². The number of halogens is 4. The molecule has 0 radical (unpaired) electrons. The lowest BCUT2D eigenvalue weighted by molar-refractivity contribution is 0.487. The summed E-state index contributed by atoms with van der Waals surface area (Å²) in [6.45, 7) is 3.34. The highest BCUT2D eigenvalue weighted by Crippen LogP contribution is 2.50. The first-order chi connectivity index (χ1) is 42.1. The minimum Gasteiger partial charge on any atom is -0.458 e. The Morgan fingerprint density at radius 2 is 0.779 bits per heavy atom. The molecule has 0 unspecified atom stereocenters. The Morgan fingerprint density at radius 1 is 0.302 bits per heavy atom. The Balaban J connectivity index is 0.942. The zero-order valence-corrected chi connectivity index (χ0v) is 46.3. The van der Waals surface area contributed by atoms with E-state index in [0.29, 0.717) is 17.2 Å². The Hall–Kier alpha value is -10.7. The third-order valence-electron chi connectivity index (χ3n) is 18.2. The summed E-state index contributed by atoms with van der Waals surface area (Å²) < 4.78 is 76.0. The second-order valence-corrected chi connectivity index (χ2v) is 23.1. The second kappa shape index (κ2) is 17.9. The maximum absolute atomic E-state index is 17.0. The SMILES string of the molecule is Cc1ccc2c3ccccc3n(-c3cc4c5c(c3)N(c3ccc(F)cc3F)c3ccccc3B5c3cc5c(cc3O4)N(c3ccccc3)c3cc(-n4c6ccccc6c6ccc(C)cc64)cc4c3B5c3ccccc3N4c3ccc(F)cc3F)c2c1. The molecule has 14 aromatic rings. The van der Waals surface area contributed by atoms with Gasteiger partial charge in [0.2, 0.25) is 0 Å². The zero-order chi connectivity index (χ0) is 57.4. The van der Waals surface area contributed by atoms with Crippen LogP contribution in [0.5, 0.6) is 11.5 Å². The Bertz CT molecular complexity index is 5310. The van der Waals surface area contributed by atoms with Crippen LogP contribution in [0.4, 0.5) is 68.7 Å². The number of aromatic nitrogens is 2. The Labute approximate surface area is 492 Å². The molecule has 12 heteroatoms. The summed E-state index contributed by atoms with van der Waals surface area (Å²) in [5.74, 6) is -1.48. The van der Waals surface area contributed by atoms with Gasteiger partial charge >= 0.3 is 0 Å². The average molecular weight is 1120 g/mol. The van der Waals surface area contributed by atoms with Gasteiger partial charge in [-0.15, -0.1) is 0 Å². The third kappa shape index (κ3) is 6.80. The van der Waals surface area contributed by atoms with Crippen LogP contribution in [0.25, 0.3) is 55.0 Å². The third-order valence-corrected chi connectivity index (χ3v) is 18.2. The number of benzene rings is 12. The standard InChI is InChI=1S/C74H45B2F4N5O/c1-42-24-28-51-49-16-6-10-20-59(49)82(65(51)32-42)47-36-68-73-69(37-47)84(63-30-26-44(77)34-57(63)79)61-22-12-8-18-53(61)75(73)55-40-56-71(41-67(55)81(68)46-14-4-3-5-15-46)86-72-39-48(83-60-21-11-7-17-50(60)52-29-25-43(2)33-66(52)83)38-70-74(72)76(56)54-19-9-13-23-62(54)85(70)64-31-27-45(78)35-58(64)80/h3-41H,1-2H3. The van der Waals surface area contributed by atoms with Crippen LogP contribution in [0.2, 0.25) is 0 Å². The smallest absolute Gasteiger partial charge is 0.256 e. The highest BCUT2D eigenvalue weighted by molar-refractivity contribution is 7.02. The van der Waals surface area contributed by atoms with E-state index in [0.717, 1.165) is 145 Å². The zero-order valence-electron chi connectivity index (χ0n) is 46.3. The molecule has 0 amide bonds. The molecule has 18 rings (SSSR count). The summed E-state index contributed by atoms with van der Waals surface area (Å²) in [5.41, 5.74) is 19.5. The molecule has 0 saturated carbocycles. The van der Waals surface area contributed by atoms with Gasteiger partial charge in [-0.05, 0) is 149 Å². The first kappa shape index (κ1) is 48.8. The van der Waals surface area contributed by atoms with E-state index in [1.807, 2.05) is 70.5 Å². The molecule has 86 heavy (non-hydrogen) atoms. The fraction of sp³-hybridized carbons (Fsp3) is 0.0270. The van der Waals surface area contributed by atoms with Crippen LogP contribution < -0.4 is 52.2 Å². The van der Waals surface area contributed by atoms with E-state index >= 15 is 17.6 Å². The van der Waals surface area contributed by atoms with Crippen LogP contribution in [-0.2, 0) is 0 Å². The van der Waals surface area contributed by atoms with Gasteiger partial charge in [0.05, 0.1) is 44.8 Å². The number of para-hydroxylation sites is 5. The van der Waals surface area contributed by atoms with Crippen molar-refractivity contribution in [2.75, 3.05) is 14.7 Å². The predicted octanol–water partition coefficient (Wildman–Crippen LogP) is 15.5. The summed E-state index contributed by atoms with van der Waals surface area (Å²) in [7, 11) is 0. The molecule has 2 aromatic heterocycles. The molecule has 0 aliphatic carbocycles. The van der Waals surface area contributed by atoms with Crippen LogP contribution in [0.15, 0.2) is 237 Å². The van der Waals surface area contributed by atoms with Gasteiger partial charge in [-0.25, -0.2) is 17.6 Å². The van der Waals surface area contributed by atoms with Crippen LogP contribution in [0.3, 0.4) is 0 Å². The lowest BCUT2D eigenvalue weighted by Gasteiger charge is -2.45. The summed E-state index contributed by atoms with van der Waals surface area (Å²) in [5, 5.41) is 4.39.